The second-order valence-corrected chi connectivity index (χ2v) is 1.80. The predicted octanol–water partition coefficient (Wildman–Crippen LogP) is 1.09. The van der Waals surface area contributed by atoms with Crippen molar-refractivity contribution in [1.82, 2.24) is 0 Å². The van der Waals surface area contributed by atoms with Gasteiger partial charge in [0.25, 0.3) is 0 Å². The van der Waals surface area contributed by atoms with E-state index >= 15 is 0 Å². The van der Waals surface area contributed by atoms with Crippen molar-refractivity contribution in [2.45, 2.75) is 19.5 Å². The number of halogens is 3. The number of rotatable bonds is 2. The molecule has 0 spiro atoms. The van der Waals surface area contributed by atoms with Crippen LogP contribution in [0.25, 0.3) is 0 Å². The average Bonchev–Trinajstić information content (AvgIpc) is 1.60. The Balaban J connectivity index is 0. The Morgan fingerprint density at radius 2 is 1.64 bits per heavy atom. The van der Waals surface area contributed by atoms with Crippen molar-refractivity contribution in [1.29, 1.82) is 0 Å². The van der Waals surface area contributed by atoms with Crippen molar-refractivity contribution < 1.29 is 45.1 Å². The molecule has 0 heterocycles. The van der Waals surface area contributed by atoms with Crippen LogP contribution < -0.4 is 0 Å². The van der Waals surface area contributed by atoms with E-state index in [2.05, 4.69) is 0 Å². The molecule has 0 amide bonds. The molecule has 6 heteroatoms. The maximum Gasteiger partial charge on any atom is 0.450 e. The standard InChI is InChI=1S/C5H5F3O2.Ag/c1-3(9)2-4(10)5(6,7)8;/h2H2,1H3;. The molecule has 0 fully saturated rings. The Morgan fingerprint density at radius 3 is 1.73 bits per heavy atom. The molecule has 0 aromatic rings. The molecule has 0 aliphatic heterocycles. The number of Topliss-reactive ketones (excluding diaryl/α,β-unsaturated/α-hetero) is 2. The van der Waals surface area contributed by atoms with Crippen LogP contribution in [0, 0.1) is 0 Å². The second kappa shape index (κ2) is 4.69. The van der Waals surface area contributed by atoms with Gasteiger partial charge >= 0.3 is 6.18 Å². The first-order valence-electron chi connectivity index (χ1n) is 2.43. The first-order chi connectivity index (χ1) is 4.34. The molecule has 0 saturated heterocycles. The van der Waals surface area contributed by atoms with Crippen LogP contribution in [0.1, 0.15) is 13.3 Å². The van der Waals surface area contributed by atoms with E-state index in [1.54, 1.807) is 0 Å². The summed E-state index contributed by atoms with van der Waals surface area (Å²) in [6.07, 6.45) is -5.92. The van der Waals surface area contributed by atoms with Crippen LogP contribution in [0.4, 0.5) is 13.2 Å². The maximum absolute atomic E-state index is 11.3. The van der Waals surface area contributed by atoms with Gasteiger partial charge in [0.2, 0.25) is 5.78 Å². The van der Waals surface area contributed by atoms with Crippen LogP contribution in [-0.4, -0.2) is 17.7 Å². The van der Waals surface area contributed by atoms with Gasteiger partial charge in [0.1, 0.15) is 5.78 Å². The summed E-state index contributed by atoms with van der Waals surface area (Å²) in [5, 5.41) is 0. The number of carbonyl (C=O) groups is 2. The monoisotopic (exact) mass is 261 g/mol. The van der Waals surface area contributed by atoms with Crippen molar-refractivity contribution in [3.63, 3.8) is 0 Å². The molecular weight excluding hydrogens is 257 g/mol. The third kappa shape index (κ3) is 6.28. The van der Waals surface area contributed by atoms with Crippen LogP contribution in [0.3, 0.4) is 0 Å². The predicted molar refractivity (Wildman–Crippen MR) is 26.4 cm³/mol. The molecule has 0 aromatic heterocycles. The molecule has 2 nitrogen and oxygen atoms in total. The summed E-state index contributed by atoms with van der Waals surface area (Å²) in [5.41, 5.74) is 0. The van der Waals surface area contributed by atoms with Crippen LogP contribution >= 0.6 is 0 Å². The Morgan fingerprint density at radius 1 is 1.27 bits per heavy atom. The van der Waals surface area contributed by atoms with Gasteiger partial charge in [0.15, 0.2) is 0 Å². The number of hydrogen-bond acceptors (Lipinski definition) is 2. The fourth-order valence-electron chi connectivity index (χ4n) is 0.326. The largest absolute Gasteiger partial charge is 0.450 e. The van der Waals surface area contributed by atoms with Crippen LogP contribution in [0.15, 0.2) is 0 Å². The minimum atomic E-state index is -4.87. The molecule has 0 bridgehead atoms. The normalized spacial score (nSPS) is 10.2. The molecule has 0 N–H and O–H groups in total. The molecule has 0 aliphatic rings. The summed E-state index contributed by atoms with van der Waals surface area (Å²) >= 11 is 0. The summed E-state index contributed by atoms with van der Waals surface area (Å²) in [4.78, 5) is 19.9. The van der Waals surface area contributed by atoms with Gasteiger partial charge in [-0.05, 0) is 6.92 Å². The Bertz CT molecular complexity index is 164. The van der Waals surface area contributed by atoms with Gasteiger partial charge in [-0.3, -0.25) is 9.59 Å². The van der Waals surface area contributed by atoms with Crippen molar-refractivity contribution in [2.75, 3.05) is 0 Å². The third-order valence-electron chi connectivity index (χ3n) is 0.726. The second-order valence-electron chi connectivity index (χ2n) is 1.80. The van der Waals surface area contributed by atoms with Gasteiger partial charge in [0.05, 0.1) is 6.42 Å². The summed E-state index contributed by atoms with van der Waals surface area (Å²) in [7, 11) is 0. The number of carbonyl (C=O) groups excluding carboxylic acids is 2. The minimum Gasteiger partial charge on any atom is -0.300 e. The van der Waals surface area contributed by atoms with Gasteiger partial charge in [-0.1, -0.05) is 0 Å². The Hall–Kier alpha value is -0.130. The SMILES string of the molecule is CC(=O)CC(=O)C(F)(F)F.[Ag]. The molecular formula is C5H5AgF3O2. The van der Waals surface area contributed by atoms with E-state index < -0.39 is 24.2 Å². The number of alkyl halides is 3. The average molecular weight is 262 g/mol. The van der Waals surface area contributed by atoms with Crippen LogP contribution in [0.2, 0.25) is 0 Å². The van der Waals surface area contributed by atoms with Gasteiger partial charge in [-0.15, -0.1) is 0 Å². The zero-order valence-corrected chi connectivity index (χ0v) is 6.94. The van der Waals surface area contributed by atoms with Crippen molar-refractivity contribution in [3.8, 4) is 0 Å². The molecule has 0 aliphatic carbocycles. The fraction of sp³-hybridized carbons (Fsp3) is 0.600. The first kappa shape index (κ1) is 13.5. The van der Waals surface area contributed by atoms with Crippen LogP contribution in [0.5, 0.6) is 0 Å². The zero-order chi connectivity index (χ0) is 8.36. The Labute approximate surface area is 76.7 Å². The maximum atomic E-state index is 11.3. The summed E-state index contributed by atoms with van der Waals surface area (Å²) in [6.45, 7) is 0.934. The third-order valence-corrected chi connectivity index (χ3v) is 0.726. The van der Waals surface area contributed by atoms with E-state index in [1.807, 2.05) is 0 Å². The zero-order valence-electron chi connectivity index (χ0n) is 5.46. The van der Waals surface area contributed by atoms with Crippen molar-refractivity contribution in [3.05, 3.63) is 0 Å². The smallest absolute Gasteiger partial charge is 0.300 e. The molecule has 11 heavy (non-hydrogen) atoms. The Kier molecular flexibility index (Phi) is 5.74. The number of hydrogen-bond donors (Lipinski definition) is 0. The quantitative estimate of drug-likeness (QED) is 0.551. The molecule has 0 aromatic carbocycles. The topological polar surface area (TPSA) is 34.1 Å². The van der Waals surface area contributed by atoms with Gasteiger partial charge < -0.3 is 0 Å². The summed E-state index contributed by atoms with van der Waals surface area (Å²) in [5.74, 6) is -2.76. The first-order valence-corrected chi connectivity index (χ1v) is 2.43. The molecule has 0 rings (SSSR count). The molecule has 0 unspecified atom stereocenters. The summed E-state index contributed by atoms with van der Waals surface area (Å²) < 4.78 is 33.9. The van der Waals surface area contributed by atoms with Gasteiger partial charge in [0, 0.05) is 22.4 Å². The van der Waals surface area contributed by atoms with E-state index in [0.29, 0.717) is 0 Å². The van der Waals surface area contributed by atoms with E-state index in [9.17, 15) is 22.8 Å². The van der Waals surface area contributed by atoms with E-state index in [1.165, 1.54) is 0 Å². The fourth-order valence-corrected chi connectivity index (χ4v) is 0.326. The van der Waals surface area contributed by atoms with E-state index in [0.717, 1.165) is 6.92 Å². The van der Waals surface area contributed by atoms with E-state index in [-0.39, 0.29) is 22.4 Å². The summed E-state index contributed by atoms with van der Waals surface area (Å²) in [6, 6.07) is 0. The van der Waals surface area contributed by atoms with Crippen molar-refractivity contribution in [2.24, 2.45) is 0 Å². The minimum absolute atomic E-state index is 0. The van der Waals surface area contributed by atoms with E-state index in [4.69, 9.17) is 0 Å². The number of ketones is 2. The van der Waals surface area contributed by atoms with Crippen molar-refractivity contribution >= 4 is 11.6 Å². The molecule has 0 atom stereocenters. The molecule has 1 radical (unpaired) electrons. The molecule has 69 valence electrons. The van der Waals surface area contributed by atoms with Gasteiger partial charge in [-0.25, -0.2) is 0 Å². The van der Waals surface area contributed by atoms with Gasteiger partial charge in [-0.2, -0.15) is 13.2 Å². The van der Waals surface area contributed by atoms with Crippen LogP contribution in [-0.2, 0) is 32.0 Å². The molecule has 0 saturated carbocycles.